The van der Waals surface area contributed by atoms with Crippen LogP contribution < -0.4 is 5.32 Å². The molecule has 1 atom stereocenters. The predicted molar refractivity (Wildman–Crippen MR) is 104 cm³/mol. The lowest BCUT2D eigenvalue weighted by atomic mass is 9.77. The van der Waals surface area contributed by atoms with Crippen LogP contribution in [0.2, 0.25) is 0 Å². The molecule has 0 aliphatic heterocycles. The molecule has 1 fully saturated rings. The third kappa shape index (κ3) is 4.72. The van der Waals surface area contributed by atoms with Crippen LogP contribution in [0.25, 0.3) is 0 Å². The van der Waals surface area contributed by atoms with Gasteiger partial charge in [0, 0.05) is 18.7 Å². The molecule has 1 aliphatic carbocycles. The zero-order valence-electron chi connectivity index (χ0n) is 16.7. The van der Waals surface area contributed by atoms with Gasteiger partial charge in [-0.2, -0.15) is 0 Å². The second kappa shape index (κ2) is 8.33. The molecule has 1 unspecified atom stereocenters. The van der Waals surface area contributed by atoms with E-state index in [1.165, 1.54) is 18.5 Å². The molecule has 0 radical (unpaired) electrons. The highest BCUT2D eigenvalue weighted by atomic mass is 19.1. The fraction of sp³-hybridized carbons (Fsp3) is 0.429. The van der Waals surface area contributed by atoms with E-state index in [2.05, 4.69) is 15.3 Å². The van der Waals surface area contributed by atoms with E-state index in [0.29, 0.717) is 0 Å². The standard InChI is InChI=1S/C21H23F2N3O4/c1-3-21(7-6-18(27)28,19(29)30-20(2)8-9-20)16-11-24-12-17(26-16)25-15-5-4-13(22)10-14(15)23/h4-5,10-12H,3,6-9H2,1-2H3,(H,25,26)(H,27,28). The summed E-state index contributed by atoms with van der Waals surface area (Å²) >= 11 is 0. The van der Waals surface area contributed by atoms with Crippen molar-refractivity contribution in [3.8, 4) is 0 Å². The van der Waals surface area contributed by atoms with Crippen molar-refractivity contribution < 1.29 is 28.2 Å². The van der Waals surface area contributed by atoms with Crippen molar-refractivity contribution in [2.75, 3.05) is 5.32 Å². The molecule has 1 aromatic carbocycles. The van der Waals surface area contributed by atoms with E-state index in [1.807, 2.05) is 6.92 Å². The Morgan fingerprint density at radius 2 is 2.03 bits per heavy atom. The van der Waals surface area contributed by atoms with Crippen molar-refractivity contribution in [1.82, 2.24) is 9.97 Å². The van der Waals surface area contributed by atoms with Gasteiger partial charge in [-0.25, -0.2) is 13.8 Å². The number of ether oxygens (including phenoxy) is 1. The van der Waals surface area contributed by atoms with E-state index >= 15 is 0 Å². The average molecular weight is 419 g/mol. The van der Waals surface area contributed by atoms with E-state index < -0.39 is 34.6 Å². The second-order valence-corrected chi connectivity index (χ2v) is 7.71. The summed E-state index contributed by atoms with van der Waals surface area (Å²) in [6.45, 7) is 3.57. The number of nitrogens with zero attached hydrogens (tertiary/aromatic N) is 2. The van der Waals surface area contributed by atoms with Crippen LogP contribution in [0, 0.1) is 11.6 Å². The van der Waals surface area contributed by atoms with Crippen molar-refractivity contribution in [1.29, 1.82) is 0 Å². The van der Waals surface area contributed by atoms with Crippen LogP contribution in [0.4, 0.5) is 20.3 Å². The van der Waals surface area contributed by atoms with Crippen LogP contribution in [0.3, 0.4) is 0 Å². The summed E-state index contributed by atoms with van der Waals surface area (Å²) in [5.74, 6) is -2.99. The van der Waals surface area contributed by atoms with E-state index in [9.17, 15) is 23.5 Å². The van der Waals surface area contributed by atoms with Crippen LogP contribution in [0.15, 0.2) is 30.6 Å². The number of carboxylic acids is 1. The Hall–Kier alpha value is -3.10. The Morgan fingerprint density at radius 1 is 1.30 bits per heavy atom. The minimum Gasteiger partial charge on any atom is -0.481 e. The number of benzene rings is 1. The lowest BCUT2D eigenvalue weighted by molar-refractivity contribution is -0.158. The Bertz CT molecular complexity index is 965. The molecule has 1 heterocycles. The molecule has 160 valence electrons. The van der Waals surface area contributed by atoms with Gasteiger partial charge in [0.15, 0.2) is 0 Å². The Labute approximate surface area is 172 Å². The maximum absolute atomic E-state index is 14.0. The molecule has 1 saturated carbocycles. The minimum absolute atomic E-state index is 0.0106. The number of esters is 1. The molecule has 30 heavy (non-hydrogen) atoms. The van der Waals surface area contributed by atoms with Crippen molar-refractivity contribution >= 4 is 23.4 Å². The maximum Gasteiger partial charge on any atom is 0.318 e. The number of rotatable bonds is 9. The number of carbonyl (C=O) groups is 2. The van der Waals surface area contributed by atoms with Gasteiger partial charge in [-0.05, 0) is 44.7 Å². The van der Waals surface area contributed by atoms with Crippen LogP contribution in [-0.4, -0.2) is 32.6 Å². The summed E-state index contributed by atoms with van der Waals surface area (Å²) in [7, 11) is 0. The van der Waals surface area contributed by atoms with Crippen molar-refractivity contribution in [3.63, 3.8) is 0 Å². The van der Waals surface area contributed by atoms with E-state index in [0.717, 1.165) is 25.0 Å². The highest BCUT2D eigenvalue weighted by Gasteiger charge is 2.49. The maximum atomic E-state index is 14.0. The van der Waals surface area contributed by atoms with E-state index in [1.54, 1.807) is 6.92 Å². The number of hydrogen-bond donors (Lipinski definition) is 2. The Balaban J connectivity index is 1.94. The lowest BCUT2D eigenvalue weighted by Gasteiger charge is -2.31. The molecule has 0 amide bonds. The molecule has 7 nitrogen and oxygen atoms in total. The first kappa shape index (κ1) is 21.6. The quantitative estimate of drug-likeness (QED) is 0.590. The monoisotopic (exact) mass is 419 g/mol. The zero-order valence-corrected chi connectivity index (χ0v) is 16.7. The molecule has 0 spiro atoms. The number of hydrogen-bond acceptors (Lipinski definition) is 6. The normalized spacial score (nSPS) is 16.4. The van der Waals surface area contributed by atoms with Crippen molar-refractivity contribution in [2.24, 2.45) is 0 Å². The summed E-state index contributed by atoms with van der Waals surface area (Å²) in [5, 5.41) is 11.9. The first-order valence-electron chi connectivity index (χ1n) is 9.67. The molecule has 2 aromatic rings. The average Bonchev–Trinajstić information content (AvgIpc) is 3.41. The van der Waals surface area contributed by atoms with Gasteiger partial charge in [-0.3, -0.25) is 14.6 Å². The fourth-order valence-corrected chi connectivity index (χ4v) is 3.14. The third-order valence-electron chi connectivity index (χ3n) is 5.37. The van der Waals surface area contributed by atoms with Crippen LogP contribution in [-0.2, 0) is 19.7 Å². The number of carbonyl (C=O) groups excluding carboxylic acids is 1. The zero-order chi connectivity index (χ0) is 21.9. The Morgan fingerprint density at radius 3 is 2.63 bits per heavy atom. The van der Waals surface area contributed by atoms with Crippen LogP contribution in [0.1, 0.15) is 51.6 Å². The molecule has 0 saturated heterocycles. The topological polar surface area (TPSA) is 101 Å². The molecular formula is C21H23F2N3O4. The Kier molecular flexibility index (Phi) is 6.00. The van der Waals surface area contributed by atoms with Gasteiger partial charge in [0.1, 0.15) is 28.5 Å². The van der Waals surface area contributed by atoms with Gasteiger partial charge in [0.2, 0.25) is 0 Å². The first-order chi connectivity index (χ1) is 14.2. The summed E-state index contributed by atoms with van der Waals surface area (Å²) in [6.07, 6.45) is 4.18. The summed E-state index contributed by atoms with van der Waals surface area (Å²) in [4.78, 5) is 32.8. The van der Waals surface area contributed by atoms with Gasteiger partial charge in [0.25, 0.3) is 0 Å². The molecular weight excluding hydrogens is 396 g/mol. The smallest absolute Gasteiger partial charge is 0.318 e. The van der Waals surface area contributed by atoms with Crippen LogP contribution >= 0.6 is 0 Å². The lowest BCUT2D eigenvalue weighted by Crippen LogP contribution is -2.40. The van der Waals surface area contributed by atoms with Gasteiger partial charge in [-0.15, -0.1) is 0 Å². The van der Waals surface area contributed by atoms with E-state index in [-0.39, 0.29) is 36.5 Å². The van der Waals surface area contributed by atoms with Gasteiger partial charge >= 0.3 is 11.9 Å². The van der Waals surface area contributed by atoms with Gasteiger partial charge in [0.05, 0.1) is 17.6 Å². The third-order valence-corrected chi connectivity index (χ3v) is 5.37. The molecule has 1 aliphatic rings. The highest BCUT2D eigenvalue weighted by Crippen LogP contribution is 2.43. The predicted octanol–water partition coefficient (Wildman–Crippen LogP) is 4.11. The largest absolute Gasteiger partial charge is 0.481 e. The number of aliphatic carboxylic acids is 1. The first-order valence-corrected chi connectivity index (χ1v) is 9.67. The molecule has 3 rings (SSSR count). The fourth-order valence-electron chi connectivity index (χ4n) is 3.14. The highest BCUT2D eigenvalue weighted by molar-refractivity contribution is 5.84. The molecule has 0 bridgehead atoms. The molecule has 2 N–H and O–H groups in total. The summed E-state index contributed by atoms with van der Waals surface area (Å²) in [5.41, 5.74) is -1.63. The van der Waals surface area contributed by atoms with Crippen molar-refractivity contribution in [2.45, 2.75) is 57.0 Å². The molecule has 9 heteroatoms. The SMILES string of the molecule is CCC(CCC(=O)O)(C(=O)OC1(C)CC1)c1cncc(Nc2ccc(F)cc2F)n1. The van der Waals surface area contributed by atoms with Gasteiger partial charge < -0.3 is 15.2 Å². The summed E-state index contributed by atoms with van der Waals surface area (Å²) in [6, 6.07) is 3.05. The van der Waals surface area contributed by atoms with Crippen LogP contribution in [0.5, 0.6) is 0 Å². The number of halogens is 2. The number of nitrogens with one attached hydrogen (secondary N) is 1. The summed E-state index contributed by atoms with van der Waals surface area (Å²) < 4.78 is 32.8. The van der Waals surface area contributed by atoms with E-state index in [4.69, 9.17) is 4.74 Å². The van der Waals surface area contributed by atoms with Gasteiger partial charge in [-0.1, -0.05) is 6.92 Å². The number of carboxylic acid groups (broad SMARTS) is 1. The second-order valence-electron chi connectivity index (χ2n) is 7.71. The number of anilines is 2. The molecule has 1 aromatic heterocycles. The van der Waals surface area contributed by atoms with Crippen molar-refractivity contribution in [3.05, 3.63) is 47.9 Å². The minimum atomic E-state index is -1.31. The number of aromatic nitrogens is 2.